The minimum absolute atomic E-state index is 0.0268. The molecule has 0 spiro atoms. The first-order valence-electron chi connectivity index (χ1n) is 10.2. The molecule has 1 N–H and O–H groups in total. The van der Waals surface area contributed by atoms with Gasteiger partial charge in [-0.05, 0) is 54.6 Å². The number of hydrogen-bond donors (Lipinski definition) is 1. The Balaban J connectivity index is 1.63. The molecule has 12 heteroatoms. The number of ether oxygens (including phenoxy) is 2. The Bertz CT molecular complexity index is 1340. The molecule has 0 bridgehead atoms. The van der Waals surface area contributed by atoms with E-state index in [1.54, 1.807) is 0 Å². The number of alkyl halides is 3. The Morgan fingerprint density at radius 1 is 0.943 bits per heavy atom. The van der Waals surface area contributed by atoms with Crippen LogP contribution in [0.25, 0.3) is 0 Å². The summed E-state index contributed by atoms with van der Waals surface area (Å²) in [6.07, 6.45) is -4.55. The summed E-state index contributed by atoms with van der Waals surface area (Å²) in [5, 5.41) is 2.36. The molecule has 0 atom stereocenters. The molecule has 3 aromatic rings. The Hall–Kier alpha value is -3.80. The zero-order valence-electron chi connectivity index (χ0n) is 17.9. The van der Waals surface area contributed by atoms with E-state index in [9.17, 15) is 30.8 Å². The van der Waals surface area contributed by atoms with Crippen molar-refractivity contribution in [1.29, 1.82) is 0 Å². The van der Waals surface area contributed by atoms with Crippen LogP contribution in [-0.2, 0) is 21.0 Å². The van der Waals surface area contributed by atoms with Gasteiger partial charge < -0.3 is 14.8 Å². The fourth-order valence-corrected chi connectivity index (χ4v) is 4.76. The van der Waals surface area contributed by atoms with Crippen LogP contribution in [0.15, 0.2) is 71.6 Å². The molecular formula is C23H18F4N2O5S. The largest absolute Gasteiger partial charge is 0.486 e. The molecule has 0 aromatic heterocycles. The van der Waals surface area contributed by atoms with Crippen LogP contribution in [0.5, 0.6) is 11.5 Å². The van der Waals surface area contributed by atoms with Crippen LogP contribution in [0.3, 0.4) is 0 Å². The average molecular weight is 510 g/mol. The molecule has 0 unspecified atom stereocenters. The van der Waals surface area contributed by atoms with Crippen LogP contribution in [0.4, 0.5) is 28.9 Å². The highest BCUT2D eigenvalue weighted by Crippen LogP contribution is 2.34. The lowest BCUT2D eigenvalue weighted by Crippen LogP contribution is -2.38. The third-order valence-electron chi connectivity index (χ3n) is 4.98. The Morgan fingerprint density at radius 3 is 2.29 bits per heavy atom. The number of benzene rings is 3. The van der Waals surface area contributed by atoms with Crippen molar-refractivity contribution < 1.29 is 40.2 Å². The maximum Gasteiger partial charge on any atom is 0.416 e. The van der Waals surface area contributed by atoms with E-state index < -0.39 is 40.0 Å². The number of carbonyl (C=O) groups excluding carboxylic acids is 1. The summed E-state index contributed by atoms with van der Waals surface area (Å²) in [5.74, 6) is -1.03. The van der Waals surface area contributed by atoms with Crippen molar-refractivity contribution in [2.75, 3.05) is 29.4 Å². The highest BCUT2D eigenvalue weighted by Gasteiger charge is 2.31. The minimum Gasteiger partial charge on any atom is -0.486 e. The van der Waals surface area contributed by atoms with Crippen molar-refractivity contribution >= 4 is 27.3 Å². The maximum absolute atomic E-state index is 13.9. The summed E-state index contributed by atoms with van der Waals surface area (Å²) in [7, 11) is -4.40. The van der Waals surface area contributed by atoms with Gasteiger partial charge in [0.25, 0.3) is 10.0 Å². The number of carbonyl (C=O) groups is 1. The van der Waals surface area contributed by atoms with Gasteiger partial charge in [0, 0.05) is 11.8 Å². The standard InChI is InChI=1S/C23H18F4N2O5S/c24-16-2-1-3-18(12-16)29(14-22(30)28-17-6-4-15(5-7-17)23(25,26)27)35(31,32)19-8-9-20-21(13-19)34-11-10-33-20/h1-9,12-13H,10-11,14H2,(H,28,30). The number of amides is 1. The number of rotatable bonds is 6. The smallest absolute Gasteiger partial charge is 0.416 e. The number of anilines is 2. The molecule has 1 aliphatic rings. The normalized spacial score (nSPS) is 13.3. The predicted molar refractivity (Wildman–Crippen MR) is 118 cm³/mol. The molecule has 3 aromatic carbocycles. The van der Waals surface area contributed by atoms with Crippen molar-refractivity contribution in [1.82, 2.24) is 0 Å². The molecule has 1 aliphatic heterocycles. The first-order valence-corrected chi connectivity index (χ1v) is 11.6. The molecule has 0 fully saturated rings. The SMILES string of the molecule is O=C(CN(c1cccc(F)c1)S(=O)(=O)c1ccc2c(c1)OCCO2)Nc1ccc(C(F)(F)F)cc1. The summed E-state index contributed by atoms with van der Waals surface area (Å²) < 4.78 is 90.7. The van der Waals surface area contributed by atoms with E-state index in [4.69, 9.17) is 9.47 Å². The van der Waals surface area contributed by atoms with Crippen molar-refractivity contribution in [3.8, 4) is 11.5 Å². The summed E-state index contributed by atoms with van der Waals surface area (Å²) in [6, 6.07) is 12.2. The third-order valence-corrected chi connectivity index (χ3v) is 6.75. The van der Waals surface area contributed by atoms with E-state index in [-0.39, 0.29) is 28.6 Å². The Kier molecular flexibility index (Phi) is 6.57. The lowest BCUT2D eigenvalue weighted by atomic mass is 10.2. The van der Waals surface area contributed by atoms with Gasteiger partial charge >= 0.3 is 6.18 Å². The van der Waals surface area contributed by atoms with E-state index in [0.29, 0.717) is 16.7 Å². The van der Waals surface area contributed by atoms with Gasteiger partial charge in [-0.2, -0.15) is 13.2 Å². The second kappa shape index (κ2) is 9.45. The first-order chi connectivity index (χ1) is 16.5. The van der Waals surface area contributed by atoms with E-state index >= 15 is 0 Å². The van der Waals surface area contributed by atoms with E-state index in [1.807, 2.05) is 0 Å². The van der Waals surface area contributed by atoms with Crippen molar-refractivity contribution in [3.05, 3.63) is 78.1 Å². The second-order valence-corrected chi connectivity index (χ2v) is 9.28. The van der Waals surface area contributed by atoms with Gasteiger partial charge in [0.1, 0.15) is 25.6 Å². The molecule has 35 heavy (non-hydrogen) atoms. The maximum atomic E-state index is 13.9. The van der Waals surface area contributed by atoms with Crippen LogP contribution >= 0.6 is 0 Å². The van der Waals surface area contributed by atoms with Crippen LogP contribution < -0.4 is 19.1 Å². The summed E-state index contributed by atoms with van der Waals surface area (Å²) in [4.78, 5) is 12.5. The van der Waals surface area contributed by atoms with Crippen LogP contribution in [0.2, 0.25) is 0 Å². The Morgan fingerprint density at radius 2 is 1.63 bits per heavy atom. The number of sulfonamides is 1. The van der Waals surface area contributed by atoms with Crippen LogP contribution in [0, 0.1) is 5.82 Å². The van der Waals surface area contributed by atoms with Gasteiger partial charge in [-0.15, -0.1) is 0 Å². The molecule has 0 radical (unpaired) electrons. The first kappa shape index (κ1) is 24.3. The molecule has 0 saturated heterocycles. The number of halogens is 4. The summed E-state index contributed by atoms with van der Waals surface area (Å²) in [6.45, 7) is -0.250. The lowest BCUT2D eigenvalue weighted by Gasteiger charge is -2.25. The molecule has 1 heterocycles. The van der Waals surface area contributed by atoms with Crippen molar-refractivity contribution in [3.63, 3.8) is 0 Å². The molecule has 4 rings (SSSR count). The highest BCUT2D eigenvalue weighted by molar-refractivity contribution is 7.92. The predicted octanol–water partition coefficient (Wildman–Crippen LogP) is 4.45. The zero-order valence-corrected chi connectivity index (χ0v) is 18.7. The molecule has 1 amide bonds. The van der Waals surface area contributed by atoms with Gasteiger partial charge in [-0.25, -0.2) is 12.8 Å². The van der Waals surface area contributed by atoms with Crippen molar-refractivity contribution in [2.24, 2.45) is 0 Å². The van der Waals surface area contributed by atoms with Gasteiger partial charge in [-0.3, -0.25) is 9.10 Å². The van der Waals surface area contributed by atoms with Gasteiger partial charge in [0.2, 0.25) is 5.91 Å². The van der Waals surface area contributed by atoms with E-state index in [0.717, 1.165) is 36.4 Å². The fraction of sp³-hybridized carbons (Fsp3) is 0.174. The third kappa shape index (κ3) is 5.48. The molecule has 7 nitrogen and oxygen atoms in total. The van der Waals surface area contributed by atoms with E-state index in [1.165, 1.54) is 30.3 Å². The topological polar surface area (TPSA) is 84.9 Å². The fourth-order valence-electron chi connectivity index (χ4n) is 3.33. The Labute approximate surface area is 197 Å². The molecule has 0 aliphatic carbocycles. The van der Waals surface area contributed by atoms with Gasteiger partial charge in [0.05, 0.1) is 16.1 Å². The van der Waals surface area contributed by atoms with E-state index in [2.05, 4.69) is 5.32 Å². The van der Waals surface area contributed by atoms with Crippen LogP contribution in [-0.4, -0.2) is 34.1 Å². The second-order valence-electron chi connectivity index (χ2n) is 7.42. The minimum atomic E-state index is -4.55. The summed E-state index contributed by atoms with van der Waals surface area (Å²) >= 11 is 0. The molecule has 0 saturated carbocycles. The van der Waals surface area contributed by atoms with Gasteiger partial charge in [-0.1, -0.05) is 6.07 Å². The lowest BCUT2D eigenvalue weighted by molar-refractivity contribution is -0.137. The number of hydrogen-bond acceptors (Lipinski definition) is 5. The molecular weight excluding hydrogens is 492 g/mol. The number of fused-ring (bicyclic) bond motifs is 1. The highest BCUT2D eigenvalue weighted by atomic mass is 32.2. The summed E-state index contributed by atoms with van der Waals surface area (Å²) in [5.41, 5.74) is -1.00. The van der Waals surface area contributed by atoms with Crippen LogP contribution in [0.1, 0.15) is 5.56 Å². The van der Waals surface area contributed by atoms with Crippen molar-refractivity contribution in [2.45, 2.75) is 11.1 Å². The monoisotopic (exact) mass is 510 g/mol. The number of nitrogens with zero attached hydrogens (tertiary/aromatic N) is 1. The average Bonchev–Trinajstić information content (AvgIpc) is 2.82. The quantitative estimate of drug-likeness (QED) is 0.496. The molecule has 184 valence electrons. The zero-order chi connectivity index (χ0) is 25.2. The van der Waals surface area contributed by atoms with Gasteiger partial charge in [0.15, 0.2) is 11.5 Å². The number of nitrogens with one attached hydrogen (secondary N) is 1.